The number of alkyl halides is 1. The van der Waals surface area contributed by atoms with E-state index >= 15 is 0 Å². The van der Waals surface area contributed by atoms with Crippen molar-refractivity contribution in [3.63, 3.8) is 0 Å². The van der Waals surface area contributed by atoms with Crippen LogP contribution in [0, 0.1) is 24.7 Å². The van der Waals surface area contributed by atoms with Crippen molar-refractivity contribution in [3.05, 3.63) is 59.6 Å². The number of fused-ring (bicyclic) bond motifs is 4. The maximum absolute atomic E-state index is 14.4. The second-order valence-electron chi connectivity index (χ2n) is 15.2. The molecule has 4 aromatic rings. The summed E-state index contributed by atoms with van der Waals surface area (Å²) in [4.78, 5) is 25.7. The Morgan fingerprint density at radius 1 is 1.00 bits per heavy atom. The Bertz CT molecular complexity index is 1780. The van der Waals surface area contributed by atoms with Crippen LogP contribution in [-0.4, -0.2) is 42.9 Å². The van der Waals surface area contributed by atoms with E-state index in [4.69, 9.17) is 9.51 Å². The van der Waals surface area contributed by atoms with Gasteiger partial charge in [-0.3, -0.25) is 4.79 Å². The summed E-state index contributed by atoms with van der Waals surface area (Å²) in [7, 11) is 0. The minimum Gasteiger partial charge on any atom is -0.339 e. The van der Waals surface area contributed by atoms with Crippen LogP contribution in [0.4, 0.5) is 10.1 Å². The highest BCUT2D eigenvalue weighted by molar-refractivity contribution is 5.95. The number of anilines is 1. The molecule has 9 heteroatoms. The number of halogens is 1. The van der Waals surface area contributed by atoms with Crippen molar-refractivity contribution in [3.8, 4) is 11.1 Å². The number of hydrogen-bond acceptors (Lipinski definition) is 6. The lowest BCUT2D eigenvalue weighted by atomic mass is 9.41. The quantitative estimate of drug-likeness (QED) is 0.215. The molecule has 3 heterocycles. The van der Waals surface area contributed by atoms with Crippen LogP contribution < -0.4 is 4.90 Å². The summed E-state index contributed by atoms with van der Waals surface area (Å²) in [5.74, 6) is 3.10. The number of nitrogens with zero attached hydrogens (tertiary/aromatic N) is 6. The lowest BCUT2D eigenvalue weighted by Crippen LogP contribution is -2.65. The summed E-state index contributed by atoms with van der Waals surface area (Å²) >= 11 is 0. The van der Waals surface area contributed by atoms with Gasteiger partial charge in [-0.25, -0.2) is 13.9 Å². The molecule has 3 aromatic heterocycles. The molecular formula is C35H39FN6O2. The maximum Gasteiger partial charge on any atom is 0.232 e. The van der Waals surface area contributed by atoms with E-state index in [0.29, 0.717) is 38.1 Å². The van der Waals surface area contributed by atoms with Gasteiger partial charge in [0.1, 0.15) is 11.5 Å². The summed E-state index contributed by atoms with van der Waals surface area (Å²) in [6.45, 7) is 4.65. The molecule has 0 radical (unpaired) electrons. The first-order valence-electron chi connectivity index (χ1n) is 16.4. The van der Waals surface area contributed by atoms with E-state index in [1.165, 1.54) is 12.8 Å². The predicted molar refractivity (Wildman–Crippen MR) is 163 cm³/mol. The van der Waals surface area contributed by atoms with Crippen molar-refractivity contribution < 1.29 is 13.7 Å². The van der Waals surface area contributed by atoms with Crippen LogP contribution in [0.5, 0.6) is 0 Å². The molecule has 7 fully saturated rings. The third-order valence-corrected chi connectivity index (χ3v) is 11.9. The number of pyridine rings is 1. The van der Waals surface area contributed by atoms with Gasteiger partial charge in [0, 0.05) is 41.7 Å². The third kappa shape index (κ3) is 4.17. The molecule has 0 spiro atoms. The fraction of sp³-hybridized carbons (Fsp3) is 0.571. The van der Waals surface area contributed by atoms with E-state index in [1.807, 2.05) is 23.7 Å². The lowest BCUT2D eigenvalue weighted by molar-refractivity contribution is -0.215. The number of amides is 1. The van der Waals surface area contributed by atoms with E-state index in [9.17, 15) is 9.18 Å². The zero-order chi connectivity index (χ0) is 29.9. The van der Waals surface area contributed by atoms with E-state index in [1.54, 1.807) is 0 Å². The number of hydrogen-bond donors (Lipinski definition) is 0. The van der Waals surface area contributed by atoms with Crippen LogP contribution in [0.3, 0.4) is 0 Å². The minimum absolute atomic E-state index is 0.0197. The van der Waals surface area contributed by atoms with E-state index in [2.05, 4.69) is 51.3 Å². The molecule has 7 aliphatic rings. The Labute approximate surface area is 256 Å². The Morgan fingerprint density at radius 3 is 2.45 bits per heavy atom. The predicted octanol–water partition coefficient (Wildman–Crippen LogP) is 7.18. The van der Waals surface area contributed by atoms with Gasteiger partial charge >= 0.3 is 0 Å². The van der Waals surface area contributed by atoms with Gasteiger partial charge in [-0.1, -0.05) is 17.3 Å². The van der Waals surface area contributed by atoms with E-state index in [-0.39, 0.29) is 22.2 Å². The molecule has 0 N–H and O–H groups in total. The minimum atomic E-state index is -1.01. The summed E-state index contributed by atoms with van der Waals surface area (Å²) in [6.07, 6.45) is 12.6. The number of carbonyl (C=O) groups is 1. The smallest absolute Gasteiger partial charge is 0.232 e. The molecule has 4 bridgehead atoms. The molecule has 0 saturated heterocycles. The largest absolute Gasteiger partial charge is 0.339 e. The van der Waals surface area contributed by atoms with Crippen LogP contribution in [0.1, 0.15) is 106 Å². The molecular weight excluding hydrogens is 555 g/mol. The first kappa shape index (κ1) is 26.8. The Kier molecular flexibility index (Phi) is 5.46. The third-order valence-electron chi connectivity index (χ3n) is 11.9. The highest BCUT2D eigenvalue weighted by atomic mass is 19.1. The van der Waals surface area contributed by atoms with Gasteiger partial charge in [0.15, 0.2) is 11.5 Å². The Hall–Kier alpha value is -3.62. The van der Waals surface area contributed by atoms with Gasteiger partial charge in [-0.15, -0.1) is 0 Å². The maximum atomic E-state index is 14.4. The summed E-state index contributed by atoms with van der Waals surface area (Å²) < 4.78 is 22.1. The van der Waals surface area contributed by atoms with E-state index < -0.39 is 5.67 Å². The first-order chi connectivity index (χ1) is 21.1. The van der Waals surface area contributed by atoms with Crippen molar-refractivity contribution >= 4 is 17.2 Å². The fourth-order valence-electron chi connectivity index (χ4n) is 9.17. The number of benzene rings is 1. The molecule has 7 saturated carbocycles. The topological polar surface area (TPSA) is 89.4 Å². The number of rotatable bonds is 8. The fourth-order valence-corrected chi connectivity index (χ4v) is 9.17. The molecule has 0 unspecified atom stereocenters. The highest BCUT2D eigenvalue weighted by Gasteiger charge is 2.69. The van der Waals surface area contributed by atoms with Gasteiger partial charge in [-0.05, 0) is 125 Å². The molecule has 0 atom stereocenters. The van der Waals surface area contributed by atoms with Crippen molar-refractivity contribution in [2.24, 2.45) is 10.8 Å². The van der Waals surface area contributed by atoms with Crippen LogP contribution in [0.25, 0.3) is 16.8 Å². The normalized spacial score (nSPS) is 32.0. The molecule has 11 rings (SSSR count). The molecule has 44 heavy (non-hydrogen) atoms. The standard InChI is InChI=1S/C35H39FN6O2/c1-22-14-26(17-42-30(22)37-23(2)39-42)25-4-3-5-27(15-25)41(28(43)16-33-18-35(36,19-33)20-33)21-32-8-11-34(12-9-32,13-10-32)31-38-29(40-44-31)24-6-7-24/h3-5,14-15,17,24H,6-13,16,18-21H2,1-2H3. The highest BCUT2D eigenvalue weighted by Crippen LogP contribution is 2.71. The average Bonchev–Trinajstić information content (AvgIpc) is 3.58. The molecule has 1 amide bonds. The average molecular weight is 595 g/mol. The molecule has 1 aromatic carbocycles. The van der Waals surface area contributed by atoms with Crippen LogP contribution >= 0.6 is 0 Å². The SMILES string of the molecule is Cc1nc2c(C)cc(-c3cccc(N(CC45CCC(c6nc(C7CC7)no6)(CC4)CC5)C(=O)CC45CC(F)(C4)C5)c3)cn2n1. The van der Waals surface area contributed by atoms with Crippen molar-refractivity contribution in [2.45, 2.75) is 108 Å². The Balaban J connectivity index is 1.01. The second kappa shape index (κ2) is 8.98. The van der Waals surface area contributed by atoms with Gasteiger partial charge in [0.25, 0.3) is 0 Å². The summed E-state index contributed by atoms with van der Waals surface area (Å²) in [5.41, 5.74) is 3.80. The van der Waals surface area contributed by atoms with Crippen LogP contribution in [0.2, 0.25) is 0 Å². The number of aromatic nitrogens is 5. The molecule has 8 nitrogen and oxygen atoms in total. The lowest BCUT2D eigenvalue weighted by Gasteiger charge is -2.66. The molecule has 0 aliphatic heterocycles. The summed E-state index contributed by atoms with van der Waals surface area (Å²) in [5, 5.41) is 8.88. The van der Waals surface area contributed by atoms with Gasteiger partial charge in [0.2, 0.25) is 11.8 Å². The number of carbonyl (C=O) groups excluding carboxylic acids is 1. The van der Waals surface area contributed by atoms with Crippen LogP contribution in [0.15, 0.2) is 41.1 Å². The Morgan fingerprint density at radius 2 is 1.75 bits per heavy atom. The monoisotopic (exact) mass is 594 g/mol. The summed E-state index contributed by atoms with van der Waals surface area (Å²) in [6, 6.07) is 10.5. The van der Waals surface area contributed by atoms with Gasteiger partial charge in [0.05, 0.1) is 0 Å². The molecule has 228 valence electrons. The zero-order valence-corrected chi connectivity index (χ0v) is 25.6. The van der Waals surface area contributed by atoms with Gasteiger partial charge in [-0.2, -0.15) is 10.1 Å². The first-order valence-corrected chi connectivity index (χ1v) is 16.4. The number of aryl methyl sites for hydroxylation is 2. The molecule has 7 aliphatic carbocycles. The van der Waals surface area contributed by atoms with Crippen molar-refractivity contribution in [1.29, 1.82) is 0 Å². The van der Waals surface area contributed by atoms with E-state index in [0.717, 1.165) is 84.1 Å². The van der Waals surface area contributed by atoms with Crippen LogP contribution in [-0.2, 0) is 10.2 Å². The second-order valence-corrected chi connectivity index (χ2v) is 15.2. The van der Waals surface area contributed by atoms with Crippen molar-refractivity contribution in [1.82, 2.24) is 24.7 Å². The van der Waals surface area contributed by atoms with Crippen molar-refractivity contribution in [2.75, 3.05) is 11.4 Å². The van der Waals surface area contributed by atoms with Gasteiger partial charge < -0.3 is 9.42 Å². The zero-order valence-electron chi connectivity index (χ0n) is 25.6.